The molecule has 0 saturated carbocycles. The highest BCUT2D eigenvalue weighted by atomic mass is 16.5. The van der Waals surface area contributed by atoms with E-state index in [9.17, 15) is 4.79 Å². The van der Waals surface area contributed by atoms with E-state index in [0.29, 0.717) is 26.2 Å². The lowest BCUT2D eigenvalue weighted by Gasteiger charge is -2.26. The van der Waals surface area contributed by atoms with E-state index in [1.165, 1.54) is 5.56 Å². The Labute approximate surface area is 108 Å². The van der Waals surface area contributed by atoms with Gasteiger partial charge in [-0.1, -0.05) is 17.7 Å². The van der Waals surface area contributed by atoms with Crippen LogP contribution in [-0.4, -0.2) is 43.7 Å². The van der Waals surface area contributed by atoms with Crippen LogP contribution in [0.25, 0.3) is 0 Å². The predicted molar refractivity (Wildman–Crippen MR) is 71.7 cm³/mol. The molecular weight excluding hydrogens is 228 g/mol. The number of ether oxygens (including phenoxy) is 1. The summed E-state index contributed by atoms with van der Waals surface area (Å²) in [4.78, 5) is 13.7. The second-order valence-electron chi connectivity index (χ2n) is 4.54. The zero-order valence-corrected chi connectivity index (χ0v) is 10.8. The zero-order chi connectivity index (χ0) is 12.8. The van der Waals surface area contributed by atoms with E-state index in [2.05, 4.69) is 24.4 Å². The number of hydrogen-bond donors (Lipinski definition) is 1. The number of hydrogen-bond acceptors (Lipinski definition) is 3. The van der Waals surface area contributed by atoms with Gasteiger partial charge in [-0.3, -0.25) is 4.79 Å². The highest BCUT2D eigenvalue weighted by molar-refractivity contribution is 5.76. The van der Waals surface area contributed by atoms with Crippen LogP contribution in [0.1, 0.15) is 12.0 Å². The molecule has 0 unspecified atom stereocenters. The molecule has 0 aliphatic carbocycles. The van der Waals surface area contributed by atoms with Crippen LogP contribution in [0, 0.1) is 6.92 Å². The number of carbonyl (C=O) groups is 1. The number of nitrogens with one attached hydrogen (secondary N) is 1. The molecule has 1 amide bonds. The van der Waals surface area contributed by atoms with Gasteiger partial charge in [0, 0.05) is 31.7 Å². The normalized spacial score (nSPS) is 15.5. The van der Waals surface area contributed by atoms with Gasteiger partial charge in [0.25, 0.3) is 0 Å². The summed E-state index contributed by atoms with van der Waals surface area (Å²) in [5, 5.41) is 3.26. The number of nitrogens with zero attached hydrogens (tertiary/aromatic N) is 1. The largest absolute Gasteiger partial charge is 0.385 e. The van der Waals surface area contributed by atoms with E-state index in [4.69, 9.17) is 4.74 Å². The smallest absolute Gasteiger partial charge is 0.224 e. The number of morpholine rings is 1. The van der Waals surface area contributed by atoms with Gasteiger partial charge in [-0.25, -0.2) is 0 Å². The van der Waals surface area contributed by atoms with Gasteiger partial charge in [0.2, 0.25) is 5.91 Å². The first-order valence-electron chi connectivity index (χ1n) is 6.42. The minimum absolute atomic E-state index is 0.206. The molecular formula is C14H20N2O2. The lowest BCUT2D eigenvalue weighted by atomic mass is 10.2. The number of carbonyl (C=O) groups excluding carboxylic acids is 1. The van der Waals surface area contributed by atoms with E-state index < -0.39 is 0 Å². The summed E-state index contributed by atoms with van der Waals surface area (Å²) in [7, 11) is 0. The van der Waals surface area contributed by atoms with Gasteiger partial charge >= 0.3 is 0 Å². The topological polar surface area (TPSA) is 41.6 Å². The lowest BCUT2D eigenvalue weighted by Crippen LogP contribution is -2.41. The molecule has 1 saturated heterocycles. The Bertz CT molecular complexity index is 383. The van der Waals surface area contributed by atoms with Gasteiger partial charge in [-0.15, -0.1) is 0 Å². The van der Waals surface area contributed by atoms with Crippen molar-refractivity contribution in [2.24, 2.45) is 0 Å². The maximum Gasteiger partial charge on any atom is 0.224 e. The van der Waals surface area contributed by atoms with Crippen molar-refractivity contribution in [3.63, 3.8) is 0 Å². The first-order valence-corrected chi connectivity index (χ1v) is 6.42. The molecule has 1 aromatic carbocycles. The minimum Gasteiger partial charge on any atom is -0.385 e. The molecule has 4 heteroatoms. The fourth-order valence-electron chi connectivity index (χ4n) is 1.96. The standard InChI is InChI=1S/C14H20N2O2/c1-12-2-4-13(5-3-12)15-7-6-14(17)16-8-10-18-11-9-16/h2-5,15H,6-11H2,1H3. The first kappa shape index (κ1) is 12.9. The summed E-state index contributed by atoms with van der Waals surface area (Å²) in [6.45, 7) is 5.52. The minimum atomic E-state index is 0.206. The highest BCUT2D eigenvalue weighted by Crippen LogP contribution is 2.08. The van der Waals surface area contributed by atoms with Gasteiger partial charge in [-0.2, -0.15) is 0 Å². The molecule has 0 aromatic heterocycles. The molecule has 98 valence electrons. The summed E-state index contributed by atoms with van der Waals surface area (Å²) < 4.78 is 5.23. The molecule has 2 rings (SSSR count). The average Bonchev–Trinajstić information content (AvgIpc) is 2.42. The summed E-state index contributed by atoms with van der Waals surface area (Å²) >= 11 is 0. The van der Waals surface area contributed by atoms with Crippen molar-refractivity contribution >= 4 is 11.6 Å². The number of benzene rings is 1. The third-order valence-corrected chi connectivity index (χ3v) is 3.08. The number of aryl methyl sites for hydroxylation is 1. The van der Waals surface area contributed by atoms with Crippen LogP contribution in [0.2, 0.25) is 0 Å². The van der Waals surface area contributed by atoms with Crippen molar-refractivity contribution in [1.29, 1.82) is 0 Å². The summed E-state index contributed by atoms with van der Waals surface area (Å²) in [5.41, 5.74) is 2.31. The zero-order valence-electron chi connectivity index (χ0n) is 10.8. The van der Waals surface area contributed by atoms with E-state index >= 15 is 0 Å². The predicted octanol–water partition coefficient (Wildman–Crippen LogP) is 1.66. The summed E-state index contributed by atoms with van der Waals surface area (Å²) in [6.07, 6.45) is 0.536. The maximum absolute atomic E-state index is 11.9. The quantitative estimate of drug-likeness (QED) is 0.881. The molecule has 1 aliphatic rings. The molecule has 0 spiro atoms. The molecule has 18 heavy (non-hydrogen) atoms. The van der Waals surface area contributed by atoms with E-state index in [-0.39, 0.29) is 5.91 Å². The lowest BCUT2D eigenvalue weighted by molar-refractivity contribution is -0.134. The van der Waals surface area contributed by atoms with Crippen molar-refractivity contribution in [3.05, 3.63) is 29.8 Å². The molecule has 1 aromatic rings. The van der Waals surface area contributed by atoms with E-state index in [1.807, 2.05) is 17.0 Å². The maximum atomic E-state index is 11.9. The van der Waals surface area contributed by atoms with Crippen LogP contribution < -0.4 is 5.32 Å². The Hall–Kier alpha value is -1.55. The molecule has 1 heterocycles. The van der Waals surface area contributed by atoms with E-state index in [0.717, 1.165) is 18.8 Å². The first-order chi connectivity index (χ1) is 8.75. The van der Waals surface area contributed by atoms with Crippen LogP contribution in [0.5, 0.6) is 0 Å². The highest BCUT2D eigenvalue weighted by Gasteiger charge is 2.15. The molecule has 1 N–H and O–H groups in total. The average molecular weight is 248 g/mol. The van der Waals surface area contributed by atoms with Crippen molar-refractivity contribution < 1.29 is 9.53 Å². The molecule has 0 atom stereocenters. The fraction of sp³-hybridized carbons (Fsp3) is 0.500. The monoisotopic (exact) mass is 248 g/mol. The third kappa shape index (κ3) is 3.74. The number of rotatable bonds is 4. The number of amides is 1. The second kappa shape index (κ2) is 6.40. The Morgan fingerprint density at radius 3 is 2.61 bits per heavy atom. The van der Waals surface area contributed by atoms with Crippen LogP contribution >= 0.6 is 0 Å². The van der Waals surface area contributed by atoms with Crippen LogP contribution in [0.15, 0.2) is 24.3 Å². The summed E-state index contributed by atoms with van der Waals surface area (Å²) in [5.74, 6) is 0.206. The van der Waals surface area contributed by atoms with Gasteiger partial charge in [0.1, 0.15) is 0 Å². The van der Waals surface area contributed by atoms with Crippen LogP contribution in [0.3, 0.4) is 0 Å². The Morgan fingerprint density at radius 1 is 1.28 bits per heavy atom. The SMILES string of the molecule is Cc1ccc(NCCC(=O)N2CCOCC2)cc1. The fourth-order valence-corrected chi connectivity index (χ4v) is 1.96. The van der Waals surface area contributed by atoms with Gasteiger partial charge in [0.05, 0.1) is 13.2 Å². The van der Waals surface area contributed by atoms with Crippen molar-refractivity contribution in [3.8, 4) is 0 Å². The van der Waals surface area contributed by atoms with Crippen molar-refractivity contribution in [1.82, 2.24) is 4.90 Å². The molecule has 4 nitrogen and oxygen atoms in total. The Kier molecular flexibility index (Phi) is 4.59. The van der Waals surface area contributed by atoms with Gasteiger partial charge in [0.15, 0.2) is 0 Å². The molecule has 1 fully saturated rings. The molecule has 0 bridgehead atoms. The second-order valence-corrected chi connectivity index (χ2v) is 4.54. The summed E-state index contributed by atoms with van der Waals surface area (Å²) in [6, 6.07) is 8.20. The van der Waals surface area contributed by atoms with Gasteiger partial charge < -0.3 is 15.0 Å². The van der Waals surface area contributed by atoms with Crippen molar-refractivity contribution in [2.45, 2.75) is 13.3 Å². The van der Waals surface area contributed by atoms with Crippen LogP contribution in [0.4, 0.5) is 5.69 Å². The third-order valence-electron chi connectivity index (χ3n) is 3.08. The van der Waals surface area contributed by atoms with E-state index in [1.54, 1.807) is 0 Å². The van der Waals surface area contributed by atoms with Gasteiger partial charge in [-0.05, 0) is 19.1 Å². The Morgan fingerprint density at radius 2 is 1.94 bits per heavy atom. The molecule has 0 radical (unpaired) electrons. The molecule has 1 aliphatic heterocycles. The van der Waals surface area contributed by atoms with Crippen LogP contribution in [-0.2, 0) is 9.53 Å². The number of anilines is 1. The van der Waals surface area contributed by atoms with Crippen molar-refractivity contribution in [2.75, 3.05) is 38.2 Å². The Balaban J connectivity index is 1.71.